The van der Waals surface area contributed by atoms with Gasteiger partial charge in [-0.3, -0.25) is 10.1 Å². The number of halogens is 2. The smallest absolute Gasteiger partial charge is 0.339 e. The van der Waals surface area contributed by atoms with E-state index in [2.05, 4.69) is 0 Å². The molecular formula is C22H13ClFN3O6S. The number of nitrogens with two attached hydrogens (primary N) is 1. The van der Waals surface area contributed by atoms with E-state index < -0.39 is 26.8 Å². The van der Waals surface area contributed by atoms with Gasteiger partial charge in [0.2, 0.25) is 5.88 Å². The molecule has 34 heavy (non-hydrogen) atoms. The lowest BCUT2D eigenvalue weighted by molar-refractivity contribution is -0.384. The van der Waals surface area contributed by atoms with E-state index in [1.54, 1.807) is 0 Å². The summed E-state index contributed by atoms with van der Waals surface area (Å²) in [6.45, 7) is 0. The van der Waals surface area contributed by atoms with Gasteiger partial charge in [0, 0.05) is 34.3 Å². The Labute approximate surface area is 197 Å². The summed E-state index contributed by atoms with van der Waals surface area (Å²) in [4.78, 5) is 9.81. The Hall–Kier alpha value is -4.14. The van der Waals surface area contributed by atoms with Gasteiger partial charge in [-0.25, -0.2) is 4.39 Å². The molecular weight excluding hydrogens is 489 g/mol. The Bertz CT molecular complexity index is 1480. The van der Waals surface area contributed by atoms with Crippen molar-refractivity contribution in [2.45, 2.75) is 10.8 Å². The van der Waals surface area contributed by atoms with Gasteiger partial charge in [0.1, 0.15) is 33.9 Å². The number of nitriles is 1. The molecule has 0 saturated carbocycles. The summed E-state index contributed by atoms with van der Waals surface area (Å²) in [7, 11) is -4.35. The Morgan fingerprint density at radius 3 is 2.50 bits per heavy atom. The van der Waals surface area contributed by atoms with Gasteiger partial charge in [0.25, 0.3) is 5.69 Å². The largest absolute Gasteiger partial charge is 0.440 e. The highest BCUT2D eigenvalue weighted by atomic mass is 35.5. The molecule has 0 saturated heterocycles. The summed E-state index contributed by atoms with van der Waals surface area (Å²) in [6.07, 6.45) is 0. The van der Waals surface area contributed by atoms with Gasteiger partial charge in [-0.2, -0.15) is 13.7 Å². The van der Waals surface area contributed by atoms with Gasteiger partial charge in [-0.05, 0) is 30.3 Å². The first-order chi connectivity index (χ1) is 16.1. The fourth-order valence-electron chi connectivity index (χ4n) is 3.48. The molecule has 1 atom stereocenters. The third kappa shape index (κ3) is 4.12. The van der Waals surface area contributed by atoms with Crippen LogP contribution in [-0.4, -0.2) is 13.3 Å². The van der Waals surface area contributed by atoms with E-state index in [0.29, 0.717) is 5.56 Å². The lowest BCUT2D eigenvalue weighted by Crippen LogP contribution is -2.22. The van der Waals surface area contributed by atoms with E-state index in [4.69, 9.17) is 26.3 Å². The Morgan fingerprint density at radius 2 is 1.88 bits per heavy atom. The van der Waals surface area contributed by atoms with E-state index in [1.165, 1.54) is 36.4 Å². The van der Waals surface area contributed by atoms with E-state index >= 15 is 0 Å². The molecule has 4 rings (SSSR count). The Kier molecular flexibility index (Phi) is 5.87. The van der Waals surface area contributed by atoms with Crippen LogP contribution in [0.4, 0.5) is 10.1 Å². The highest BCUT2D eigenvalue weighted by Gasteiger charge is 2.34. The maximum Gasteiger partial charge on any atom is 0.339 e. The molecule has 0 amide bonds. The summed E-state index contributed by atoms with van der Waals surface area (Å²) >= 11 is 6.22. The van der Waals surface area contributed by atoms with Crippen LogP contribution < -0.4 is 14.7 Å². The molecule has 3 aromatic carbocycles. The number of hydrogen-bond acceptors (Lipinski definition) is 8. The first-order valence-corrected chi connectivity index (χ1v) is 11.3. The highest BCUT2D eigenvalue weighted by Crippen LogP contribution is 2.46. The first-order valence-electron chi connectivity index (χ1n) is 9.46. The van der Waals surface area contributed by atoms with E-state index in [-0.39, 0.29) is 44.1 Å². The predicted octanol–water partition coefficient (Wildman–Crippen LogP) is 4.37. The van der Waals surface area contributed by atoms with E-state index in [9.17, 15) is 28.2 Å². The molecule has 0 aliphatic carbocycles. The quantitative estimate of drug-likeness (QED) is 0.308. The van der Waals surface area contributed by atoms with Crippen molar-refractivity contribution >= 4 is 27.4 Å². The zero-order valence-corrected chi connectivity index (χ0v) is 18.5. The monoisotopic (exact) mass is 501 g/mol. The molecule has 12 heteroatoms. The topological polar surface area (TPSA) is 146 Å². The molecule has 1 aliphatic rings. The first kappa shape index (κ1) is 23.0. The van der Waals surface area contributed by atoms with Crippen LogP contribution in [0.25, 0.3) is 0 Å². The lowest BCUT2D eigenvalue weighted by atomic mass is 9.83. The van der Waals surface area contributed by atoms with Crippen LogP contribution in [0.5, 0.6) is 11.5 Å². The fraction of sp³-hybridized carbons (Fsp3) is 0.0455. The van der Waals surface area contributed by atoms with Crippen LogP contribution >= 0.6 is 11.6 Å². The van der Waals surface area contributed by atoms with Crippen molar-refractivity contribution in [3.05, 3.63) is 104 Å². The summed E-state index contributed by atoms with van der Waals surface area (Å²) in [5, 5.41) is 20.5. The van der Waals surface area contributed by atoms with Crippen LogP contribution in [-0.2, 0) is 10.1 Å². The zero-order chi connectivity index (χ0) is 24.6. The molecule has 2 N–H and O–H groups in total. The van der Waals surface area contributed by atoms with Crippen LogP contribution in [0.2, 0.25) is 5.02 Å². The van der Waals surface area contributed by atoms with Gasteiger partial charge >= 0.3 is 10.1 Å². The maximum atomic E-state index is 14.7. The predicted molar refractivity (Wildman–Crippen MR) is 118 cm³/mol. The number of ether oxygens (including phenoxy) is 1. The molecule has 0 bridgehead atoms. The van der Waals surface area contributed by atoms with Gasteiger partial charge in [-0.15, -0.1) is 0 Å². The lowest BCUT2D eigenvalue weighted by Gasteiger charge is -2.27. The number of non-ortho nitro benzene ring substituents is 1. The molecule has 0 fully saturated rings. The average molecular weight is 502 g/mol. The summed E-state index contributed by atoms with van der Waals surface area (Å²) in [5.41, 5.74) is 5.88. The number of benzene rings is 3. The number of hydrogen-bond donors (Lipinski definition) is 1. The van der Waals surface area contributed by atoms with Crippen molar-refractivity contribution in [3.63, 3.8) is 0 Å². The minimum atomic E-state index is -4.35. The molecule has 172 valence electrons. The zero-order valence-electron chi connectivity index (χ0n) is 16.9. The van der Waals surface area contributed by atoms with Crippen LogP contribution in [0.15, 0.2) is 77.0 Å². The Balaban J connectivity index is 1.73. The number of allylic oxidation sites excluding steroid dienone is 1. The summed E-state index contributed by atoms with van der Waals surface area (Å²) in [6, 6.07) is 14.1. The standard InChI is InChI=1S/C22H13ClFN3O6S/c23-17-2-1-3-18(24)21(17)20-15-9-6-13(10-19(15)32-22(26)16(20)11-25)33-34(30,31)14-7-4-12(5-8-14)27(28)29/h1-10,20H,26H2. The van der Waals surface area contributed by atoms with E-state index in [0.717, 1.165) is 24.3 Å². The molecule has 0 radical (unpaired) electrons. The minimum Gasteiger partial charge on any atom is -0.440 e. The molecule has 9 nitrogen and oxygen atoms in total. The van der Waals surface area contributed by atoms with Crippen LogP contribution in [0, 0.1) is 27.3 Å². The van der Waals surface area contributed by atoms with Crippen molar-refractivity contribution in [1.82, 2.24) is 0 Å². The van der Waals surface area contributed by atoms with Crippen LogP contribution in [0.3, 0.4) is 0 Å². The second-order valence-electron chi connectivity index (χ2n) is 7.05. The van der Waals surface area contributed by atoms with Gasteiger partial charge in [0.05, 0.1) is 10.8 Å². The molecule has 3 aromatic rings. The average Bonchev–Trinajstić information content (AvgIpc) is 2.78. The highest BCUT2D eigenvalue weighted by molar-refractivity contribution is 7.87. The molecule has 1 unspecified atom stereocenters. The van der Waals surface area contributed by atoms with Crippen molar-refractivity contribution in [2.75, 3.05) is 0 Å². The number of nitrogens with zero attached hydrogens (tertiary/aromatic N) is 2. The van der Waals surface area contributed by atoms with Gasteiger partial charge in [0.15, 0.2) is 0 Å². The number of fused-ring (bicyclic) bond motifs is 1. The fourth-order valence-corrected chi connectivity index (χ4v) is 4.67. The van der Waals surface area contributed by atoms with Crippen molar-refractivity contribution < 1.29 is 26.7 Å². The molecule has 1 aliphatic heterocycles. The number of nitro benzene ring substituents is 1. The molecule has 0 aromatic heterocycles. The second-order valence-corrected chi connectivity index (χ2v) is 9.00. The second kappa shape index (κ2) is 8.66. The third-order valence-electron chi connectivity index (χ3n) is 5.02. The van der Waals surface area contributed by atoms with Gasteiger partial charge in [-0.1, -0.05) is 23.7 Å². The Morgan fingerprint density at radius 1 is 1.18 bits per heavy atom. The van der Waals surface area contributed by atoms with Gasteiger partial charge < -0.3 is 14.7 Å². The molecule has 0 spiro atoms. The minimum absolute atomic E-state index is 0.0142. The maximum absolute atomic E-state index is 14.7. The van der Waals surface area contributed by atoms with Crippen molar-refractivity contribution in [2.24, 2.45) is 5.73 Å². The van der Waals surface area contributed by atoms with Crippen LogP contribution in [0.1, 0.15) is 17.0 Å². The van der Waals surface area contributed by atoms with Crippen molar-refractivity contribution in [1.29, 1.82) is 5.26 Å². The molecule has 1 heterocycles. The van der Waals surface area contributed by atoms with E-state index in [1.807, 2.05) is 6.07 Å². The SMILES string of the molecule is N#CC1=C(N)Oc2cc(OS(=O)(=O)c3ccc([N+](=O)[O-])cc3)ccc2C1c1c(F)cccc1Cl. The summed E-state index contributed by atoms with van der Waals surface area (Å²) in [5.74, 6) is -2.08. The summed E-state index contributed by atoms with van der Waals surface area (Å²) < 4.78 is 50.5. The van der Waals surface area contributed by atoms with Crippen molar-refractivity contribution in [3.8, 4) is 17.6 Å². The normalized spacial score (nSPS) is 15.1. The third-order valence-corrected chi connectivity index (χ3v) is 6.61. The number of rotatable bonds is 5. The number of nitro groups is 1.